The average Bonchev–Trinajstić information content (AvgIpc) is 2.84. The smallest absolute Gasteiger partial charge is 0.149 e. The van der Waals surface area contributed by atoms with E-state index in [1.165, 1.54) is 25.7 Å². The van der Waals surface area contributed by atoms with Gasteiger partial charge in [-0.15, -0.1) is 0 Å². The molecule has 1 aromatic rings. The Morgan fingerprint density at radius 2 is 2.25 bits per heavy atom. The number of rotatable bonds is 2. The van der Waals surface area contributed by atoms with Crippen molar-refractivity contribution in [3.8, 4) is 0 Å². The van der Waals surface area contributed by atoms with E-state index in [-0.39, 0.29) is 0 Å². The van der Waals surface area contributed by atoms with Gasteiger partial charge in [0.15, 0.2) is 0 Å². The van der Waals surface area contributed by atoms with Crippen LogP contribution in [0.4, 0.5) is 11.5 Å². The van der Waals surface area contributed by atoms with E-state index >= 15 is 0 Å². The third kappa shape index (κ3) is 1.64. The molecule has 3 rings (SSSR count). The Balaban J connectivity index is 1.74. The molecule has 0 radical (unpaired) electrons. The van der Waals surface area contributed by atoms with Crippen molar-refractivity contribution in [2.24, 2.45) is 11.8 Å². The molecule has 3 heteroatoms. The Morgan fingerprint density at radius 3 is 2.88 bits per heavy atom. The highest BCUT2D eigenvalue weighted by atomic mass is 15.0. The predicted octanol–water partition coefficient (Wildman–Crippen LogP) is 2.57. The van der Waals surface area contributed by atoms with Crippen LogP contribution >= 0.6 is 0 Å². The van der Waals surface area contributed by atoms with Crippen LogP contribution < -0.4 is 11.1 Å². The molecule has 2 fully saturated rings. The van der Waals surface area contributed by atoms with E-state index in [1.54, 1.807) is 0 Å². The lowest BCUT2D eigenvalue weighted by atomic mass is 9.95. The summed E-state index contributed by atoms with van der Waals surface area (Å²) in [7, 11) is 0. The number of aromatic nitrogens is 1. The van der Waals surface area contributed by atoms with E-state index in [9.17, 15) is 0 Å². The number of nitrogen functional groups attached to an aromatic ring is 1. The molecule has 3 atom stereocenters. The summed E-state index contributed by atoms with van der Waals surface area (Å²) in [6.07, 6.45) is 7.41. The van der Waals surface area contributed by atoms with Crippen LogP contribution in [-0.2, 0) is 0 Å². The highest BCUT2D eigenvalue weighted by Gasteiger charge is 2.39. The molecule has 0 amide bonds. The topological polar surface area (TPSA) is 50.9 Å². The summed E-state index contributed by atoms with van der Waals surface area (Å²) >= 11 is 0. The molecule has 86 valence electrons. The minimum Gasteiger partial charge on any atom is -0.396 e. The van der Waals surface area contributed by atoms with E-state index < -0.39 is 0 Å². The SMILES string of the molecule is Cc1cnc(NC2CC3CCC2C3)c(N)c1. The van der Waals surface area contributed by atoms with Crippen molar-refractivity contribution in [3.05, 3.63) is 17.8 Å². The summed E-state index contributed by atoms with van der Waals surface area (Å²) in [5, 5.41) is 3.53. The zero-order chi connectivity index (χ0) is 11.1. The van der Waals surface area contributed by atoms with E-state index in [2.05, 4.69) is 10.3 Å². The van der Waals surface area contributed by atoms with Gasteiger partial charge in [-0.25, -0.2) is 4.98 Å². The van der Waals surface area contributed by atoms with Crippen LogP contribution in [0.5, 0.6) is 0 Å². The second-order valence-corrected chi connectivity index (χ2v) is 5.38. The number of nitrogens with one attached hydrogen (secondary N) is 1. The van der Waals surface area contributed by atoms with Crippen molar-refractivity contribution >= 4 is 11.5 Å². The van der Waals surface area contributed by atoms with Crippen molar-refractivity contribution in [1.29, 1.82) is 0 Å². The van der Waals surface area contributed by atoms with Gasteiger partial charge in [0.25, 0.3) is 0 Å². The summed E-state index contributed by atoms with van der Waals surface area (Å²) in [6, 6.07) is 2.60. The van der Waals surface area contributed by atoms with Crippen LogP contribution in [0.3, 0.4) is 0 Å². The monoisotopic (exact) mass is 217 g/mol. The van der Waals surface area contributed by atoms with Gasteiger partial charge in [0, 0.05) is 12.2 Å². The first-order chi connectivity index (χ1) is 7.72. The maximum Gasteiger partial charge on any atom is 0.149 e. The normalized spacial score (nSPS) is 31.9. The second-order valence-electron chi connectivity index (χ2n) is 5.38. The number of nitrogens with zero attached hydrogens (tertiary/aromatic N) is 1. The molecule has 2 bridgehead atoms. The Morgan fingerprint density at radius 1 is 1.38 bits per heavy atom. The van der Waals surface area contributed by atoms with Gasteiger partial charge < -0.3 is 11.1 Å². The maximum absolute atomic E-state index is 5.97. The summed E-state index contributed by atoms with van der Waals surface area (Å²) in [5.41, 5.74) is 7.87. The molecule has 2 saturated carbocycles. The second kappa shape index (κ2) is 3.65. The number of aryl methyl sites for hydroxylation is 1. The Hall–Kier alpha value is -1.25. The fourth-order valence-corrected chi connectivity index (χ4v) is 3.31. The van der Waals surface area contributed by atoms with E-state index in [1.807, 2.05) is 19.2 Å². The summed E-state index contributed by atoms with van der Waals surface area (Å²) in [4.78, 5) is 4.39. The lowest BCUT2D eigenvalue weighted by Gasteiger charge is -2.24. The standard InChI is InChI=1S/C13H19N3/c1-8-4-11(14)13(15-7-8)16-12-6-9-2-3-10(12)5-9/h4,7,9-10,12H,2-3,5-6,14H2,1H3,(H,15,16). The molecule has 0 aliphatic heterocycles. The lowest BCUT2D eigenvalue weighted by molar-refractivity contribution is 0.439. The summed E-state index contributed by atoms with van der Waals surface area (Å²) in [6.45, 7) is 2.02. The first-order valence-electron chi connectivity index (χ1n) is 6.21. The van der Waals surface area contributed by atoms with Gasteiger partial charge in [0.2, 0.25) is 0 Å². The Bertz CT molecular complexity index is 402. The molecule has 0 aromatic carbocycles. The van der Waals surface area contributed by atoms with Gasteiger partial charge in [-0.2, -0.15) is 0 Å². The average molecular weight is 217 g/mol. The molecule has 3 unspecified atom stereocenters. The number of pyridine rings is 1. The Kier molecular flexibility index (Phi) is 2.27. The highest BCUT2D eigenvalue weighted by Crippen LogP contribution is 2.45. The van der Waals surface area contributed by atoms with Gasteiger partial charge in [-0.05, 0) is 49.7 Å². The van der Waals surface area contributed by atoms with Crippen molar-refractivity contribution in [2.75, 3.05) is 11.1 Å². The minimum atomic E-state index is 0.608. The van der Waals surface area contributed by atoms with Crippen molar-refractivity contribution in [1.82, 2.24) is 4.98 Å². The molecule has 1 aromatic heterocycles. The van der Waals surface area contributed by atoms with Gasteiger partial charge in [0.1, 0.15) is 5.82 Å². The van der Waals surface area contributed by atoms with Crippen LogP contribution in [0.15, 0.2) is 12.3 Å². The number of hydrogen-bond donors (Lipinski definition) is 2. The molecule has 0 saturated heterocycles. The summed E-state index contributed by atoms with van der Waals surface area (Å²) in [5.74, 6) is 2.69. The van der Waals surface area contributed by atoms with E-state index in [0.29, 0.717) is 6.04 Å². The third-order valence-electron chi connectivity index (χ3n) is 4.11. The highest BCUT2D eigenvalue weighted by molar-refractivity contribution is 5.62. The van der Waals surface area contributed by atoms with Crippen LogP contribution in [0.1, 0.15) is 31.2 Å². The van der Waals surface area contributed by atoms with Crippen molar-refractivity contribution in [3.63, 3.8) is 0 Å². The molecular formula is C13H19N3. The summed E-state index contributed by atoms with van der Waals surface area (Å²) < 4.78 is 0. The molecule has 0 spiro atoms. The zero-order valence-electron chi connectivity index (χ0n) is 9.74. The number of anilines is 2. The molecule has 2 aliphatic carbocycles. The fraction of sp³-hybridized carbons (Fsp3) is 0.615. The van der Waals surface area contributed by atoms with Gasteiger partial charge in [0.05, 0.1) is 5.69 Å². The quantitative estimate of drug-likeness (QED) is 0.800. The third-order valence-corrected chi connectivity index (χ3v) is 4.11. The number of fused-ring (bicyclic) bond motifs is 2. The minimum absolute atomic E-state index is 0.608. The molecule has 1 heterocycles. The van der Waals surface area contributed by atoms with Crippen LogP contribution in [0.25, 0.3) is 0 Å². The Labute approximate surface area is 96.4 Å². The van der Waals surface area contributed by atoms with Crippen molar-refractivity contribution < 1.29 is 0 Å². The number of hydrogen-bond acceptors (Lipinski definition) is 3. The van der Waals surface area contributed by atoms with Gasteiger partial charge >= 0.3 is 0 Å². The molecule has 16 heavy (non-hydrogen) atoms. The maximum atomic E-state index is 5.97. The first-order valence-corrected chi connectivity index (χ1v) is 6.21. The fourth-order valence-electron chi connectivity index (χ4n) is 3.31. The van der Waals surface area contributed by atoms with Crippen LogP contribution in [0, 0.1) is 18.8 Å². The van der Waals surface area contributed by atoms with Crippen LogP contribution in [-0.4, -0.2) is 11.0 Å². The van der Waals surface area contributed by atoms with Gasteiger partial charge in [-0.3, -0.25) is 0 Å². The zero-order valence-corrected chi connectivity index (χ0v) is 9.74. The predicted molar refractivity (Wildman–Crippen MR) is 66.2 cm³/mol. The van der Waals surface area contributed by atoms with E-state index in [0.717, 1.165) is 28.9 Å². The largest absolute Gasteiger partial charge is 0.396 e. The first kappa shape index (κ1) is 9.94. The van der Waals surface area contributed by atoms with Gasteiger partial charge in [-0.1, -0.05) is 6.42 Å². The van der Waals surface area contributed by atoms with E-state index in [4.69, 9.17) is 5.73 Å². The lowest BCUT2D eigenvalue weighted by Crippen LogP contribution is -2.26. The molecule has 3 nitrogen and oxygen atoms in total. The van der Waals surface area contributed by atoms with Crippen LogP contribution in [0.2, 0.25) is 0 Å². The molecule has 3 N–H and O–H groups in total. The van der Waals surface area contributed by atoms with Crippen molar-refractivity contribution in [2.45, 2.75) is 38.6 Å². The number of nitrogens with two attached hydrogens (primary N) is 1. The molecule has 2 aliphatic rings. The molecular weight excluding hydrogens is 198 g/mol.